The Hall–Kier alpha value is -1.29. The van der Waals surface area contributed by atoms with Crippen molar-refractivity contribution in [2.24, 2.45) is 11.1 Å². The zero-order valence-electron chi connectivity index (χ0n) is 11.9. The van der Waals surface area contributed by atoms with Gasteiger partial charge in [-0.25, -0.2) is 0 Å². The van der Waals surface area contributed by atoms with Gasteiger partial charge in [-0.3, -0.25) is 0 Å². The van der Waals surface area contributed by atoms with E-state index in [1.54, 1.807) is 0 Å². The van der Waals surface area contributed by atoms with Gasteiger partial charge < -0.3 is 15.2 Å². The molecule has 0 heterocycles. The Morgan fingerprint density at radius 2 is 1.68 bits per heavy atom. The van der Waals surface area contributed by atoms with E-state index in [0.29, 0.717) is 18.2 Å². The zero-order chi connectivity index (χ0) is 14.3. The van der Waals surface area contributed by atoms with Crippen molar-refractivity contribution < 1.29 is 9.47 Å². The van der Waals surface area contributed by atoms with Crippen molar-refractivity contribution in [1.29, 1.82) is 0 Å². The van der Waals surface area contributed by atoms with Crippen molar-refractivity contribution in [3.63, 3.8) is 0 Å². The summed E-state index contributed by atoms with van der Waals surface area (Å²) in [6.45, 7) is 7.43. The number of rotatable bonds is 8. The molecule has 19 heavy (non-hydrogen) atoms. The molecule has 0 bridgehead atoms. The molecule has 0 saturated heterocycles. The number of ether oxygens (including phenoxy) is 2. The van der Waals surface area contributed by atoms with E-state index >= 15 is 0 Å². The lowest BCUT2D eigenvalue weighted by Crippen LogP contribution is -2.30. The maximum absolute atomic E-state index is 5.69. The highest BCUT2D eigenvalue weighted by molar-refractivity contribution is 7.80. The molecule has 3 nitrogen and oxygen atoms in total. The first-order chi connectivity index (χ1) is 8.95. The predicted molar refractivity (Wildman–Crippen MR) is 82.9 cm³/mol. The normalized spacial score (nSPS) is 11.1. The number of hydrogen-bond donors (Lipinski definition) is 1. The molecule has 106 valence electrons. The van der Waals surface area contributed by atoms with Crippen LogP contribution in [0.25, 0.3) is 0 Å². The molecular formula is C15H23NO2S. The van der Waals surface area contributed by atoms with Crippen molar-refractivity contribution in [3.05, 3.63) is 24.3 Å². The fraction of sp³-hybridized carbons (Fsp3) is 0.533. The van der Waals surface area contributed by atoms with Gasteiger partial charge in [0.25, 0.3) is 0 Å². The van der Waals surface area contributed by atoms with Crippen LogP contribution in [0.5, 0.6) is 11.5 Å². The van der Waals surface area contributed by atoms with Crippen LogP contribution in [0.2, 0.25) is 0 Å². The second-order valence-electron chi connectivity index (χ2n) is 5.10. The number of nitrogens with two attached hydrogens (primary N) is 1. The molecule has 0 amide bonds. The molecule has 4 heteroatoms. The van der Waals surface area contributed by atoms with Gasteiger partial charge in [-0.15, -0.1) is 0 Å². The van der Waals surface area contributed by atoms with Gasteiger partial charge in [0.05, 0.1) is 18.2 Å². The fourth-order valence-electron chi connectivity index (χ4n) is 1.63. The molecule has 1 aromatic rings. The van der Waals surface area contributed by atoms with Gasteiger partial charge in [0.1, 0.15) is 11.5 Å². The van der Waals surface area contributed by atoms with Crippen LogP contribution in [-0.2, 0) is 0 Å². The van der Waals surface area contributed by atoms with Crippen molar-refractivity contribution in [3.8, 4) is 11.5 Å². The smallest absolute Gasteiger partial charge is 0.119 e. The molecule has 0 aliphatic heterocycles. The summed E-state index contributed by atoms with van der Waals surface area (Å²) in [6.07, 6.45) is 1.86. The Bertz CT molecular complexity index is 401. The molecule has 0 aliphatic carbocycles. The topological polar surface area (TPSA) is 44.5 Å². The van der Waals surface area contributed by atoms with E-state index in [0.717, 1.165) is 24.3 Å². The number of benzene rings is 1. The molecule has 0 radical (unpaired) electrons. The van der Waals surface area contributed by atoms with Crippen molar-refractivity contribution in [2.75, 3.05) is 13.2 Å². The lowest BCUT2D eigenvalue weighted by molar-refractivity contribution is 0.286. The molecule has 0 unspecified atom stereocenters. The van der Waals surface area contributed by atoms with Crippen LogP contribution in [0.1, 0.15) is 33.6 Å². The molecule has 0 spiro atoms. The van der Waals surface area contributed by atoms with E-state index < -0.39 is 0 Å². The summed E-state index contributed by atoms with van der Waals surface area (Å²) >= 11 is 5.04. The molecule has 1 aromatic carbocycles. The van der Waals surface area contributed by atoms with Crippen LogP contribution in [-0.4, -0.2) is 18.2 Å². The molecule has 1 rings (SSSR count). The minimum atomic E-state index is -0.0997. The van der Waals surface area contributed by atoms with Crippen LogP contribution in [0.4, 0.5) is 0 Å². The Labute approximate surface area is 121 Å². The summed E-state index contributed by atoms with van der Waals surface area (Å²) in [5, 5.41) is 0. The van der Waals surface area contributed by atoms with Gasteiger partial charge in [0, 0.05) is 5.41 Å². The van der Waals surface area contributed by atoms with E-state index in [1.165, 1.54) is 0 Å². The van der Waals surface area contributed by atoms with Gasteiger partial charge in [0.2, 0.25) is 0 Å². The second kappa shape index (κ2) is 7.34. The first-order valence-corrected chi connectivity index (χ1v) is 7.02. The van der Waals surface area contributed by atoms with Crippen molar-refractivity contribution in [2.45, 2.75) is 33.6 Å². The van der Waals surface area contributed by atoms with E-state index in [-0.39, 0.29) is 5.41 Å². The van der Waals surface area contributed by atoms with E-state index in [1.807, 2.05) is 31.2 Å². The minimum absolute atomic E-state index is 0.0997. The predicted octanol–water partition coefficient (Wildman–Crippen LogP) is 3.56. The van der Waals surface area contributed by atoms with Gasteiger partial charge >= 0.3 is 0 Å². The van der Waals surface area contributed by atoms with Gasteiger partial charge in [-0.1, -0.05) is 26.1 Å². The van der Waals surface area contributed by atoms with E-state index in [2.05, 4.69) is 13.8 Å². The SMILES string of the molecule is CCOc1ccc(OCCCC(C)(C)C(N)=S)cc1. The Kier molecular flexibility index (Phi) is 6.09. The van der Waals surface area contributed by atoms with Crippen LogP contribution < -0.4 is 15.2 Å². The first kappa shape index (κ1) is 15.8. The average Bonchev–Trinajstić information content (AvgIpc) is 2.37. The number of thiocarbonyl (C=S) groups is 1. The fourth-order valence-corrected chi connectivity index (χ4v) is 1.73. The standard InChI is InChI=1S/C15H23NO2S/c1-4-17-12-6-8-13(9-7-12)18-11-5-10-15(2,3)14(16)19/h6-9H,4-5,10-11H2,1-3H3,(H2,16,19). The van der Waals surface area contributed by atoms with Crippen LogP contribution >= 0.6 is 12.2 Å². The highest BCUT2D eigenvalue weighted by Gasteiger charge is 2.20. The minimum Gasteiger partial charge on any atom is -0.494 e. The summed E-state index contributed by atoms with van der Waals surface area (Å²) in [5.41, 5.74) is 5.59. The maximum Gasteiger partial charge on any atom is 0.119 e. The highest BCUT2D eigenvalue weighted by Crippen LogP contribution is 2.23. The summed E-state index contributed by atoms with van der Waals surface area (Å²) in [4.78, 5) is 0.563. The molecule has 0 aromatic heterocycles. The Morgan fingerprint density at radius 3 is 2.16 bits per heavy atom. The first-order valence-electron chi connectivity index (χ1n) is 6.61. The van der Waals surface area contributed by atoms with Crippen LogP contribution in [0, 0.1) is 5.41 Å². The molecule has 0 aliphatic rings. The summed E-state index contributed by atoms with van der Waals surface area (Å²) in [5.74, 6) is 1.72. The third-order valence-electron chi connectivity index (χ3n) is 3.02. The van der Waals surface area contributed by atoms with Gasteiger partial charge in [-0.2, -0.15) is 0 Å². The van der Waals surface area contributed by atoms with Crippen LogP contribution in [0.3, 0.4) is 0 Å². The molecule has 0 atom stereocenters. The lowest BCUT2D eigenvalue weighted by atomic mass is 9.88. The monoisotopic (exact) mass is 281 g/mol. The summed E-state index contributed by atoms with van der Waals surface area (Å²) in [7, 11) is 0. The second-order valence-corrected chi connectivity index (χ2v) is 5.54. The Morgan fingerprint density at radius 1 is 1.16 bits per heavy atom. The average molecular weight is 281 g/mol. The van der Waals surface area contributed by atoms with Gasteiger partial charge in [0.15, 0.2) is 0 Å². The molecule has 2 N–H and O–H groups in total. The largest absolute Gasteiger partial charge is 0.494 e. The molecular weight excluding hydrogens is 258 g/mol. The molecule has 0 fully saturated rings. The van der Waals surface area contributed by atoms with E-state index in [4.69, 9.17) is 27.4 Å². The van der Waals surface area contributed by atoms with Crippen molar-refractivity contribution in [1.82, 2.24) is 0 Å². The van der Waals surface area contributed by atoms with Crippen molar-refractivity contribution >= 4 is 17.2 Å². The zero-order valence-corrected chi connectivity index (χ0v) is 12.8. The highest BCUT2D eigenvalue weighted by atomic mass is 32.1. The summed E-state index contributed by atoms with van der Waals surface area (Å²) in [6, 6.07) is 7.67. The lowest BCUT2D eigenvalue weighted by Gasteiger charge is -2.22. The number of hydrogen-bond acceptors (Lipinski definition) is 3. The third kappa shape index (κ3) is 5.47. The third-order valence-corrected chi connectivity index (χ3v) is 3.57. The maximum atomic E-state index is 5.69. The summed E-state index contributed by atoms with van der Waals surface area (Å²) < 4.78 is 11.0. The quantitative estimate of drug-likeness (QED) is 0.584. The Balaban J connectivity index is 2.31. The van der Waals surface area contributed by atoms with Crippen LogP contribution in [0.15, 0.2) is 24.3 Å². The van der Waals surface area contributed by atoms with E-state index in [9.17, 15) is 0 Å². The molecule has 0 saturated carbocycles. The van der Waals surface area contributed by atoms with Gasteiger partial charge in [-0.05, 0) is 44.0 Å².